The Hall–Kier alpha value is -0.470. The second-order valence-electron chi connectivity index (χ2n) is 2.50. The third kappa shape index (κ3) is 0.935. The molecule has 0 saturated heterocycles. The molecule has 1 aromatic carbocycles. The maximum Gasteiger partial charge on any atom is 0.131 e. The molecule has 0 aliphatic carbocycles. The summed E-state index contributed by atoms with van der Waals surface area (Å²) >= 11 is -0.619. The number of hydrogen-bond donors (Lipinski definition) is 0. The van der Waals surface area contributed by atoms with Crippen LogP contribution in [0.15, 0.2) is 24.3 Å². The first-order valence-corrected chi connectivity index (χ1v) is 4.77. The molecular formula is C8H8OS. The summed E-state index contributed by atoms with van der Waals surface area (Å²) in [6.45, 7) is 0. The summed E-state index contributed by atoms with van der Waals surface area (Å²) in [5.74, 6) is 1.52. The van der Waals surface area contributed by atoms with Gasteiger partial charge in [0, 0.05) is 11.1 Å². The summed E-state index contributed by atoms with van der Waals surface area (Å²) < 4.78 is 11.0. The molecule has 1 nitrogen and oxygen atoms in total. The molecule has 0 atom stereocenters. The second-order valence-corrected chi connectivity index (χ2v) is 3.95. The van der Waals surface area contributed by atoms with Gasteiger partial charge in [0.1, 0.15) is 11.5 Å². The van der Waals surface area contributed by atoms with E-state index in [2.05, 4.69) is 12.1 Å². The lowest BCUT2D eigenvalue weighted by Crippen LogP contribution is -1.95. The van der Waals surface area contributed by atoms with Gasteiger partial charge < -0.3 is 4.55 Å². The molecule has 1 aliphatic rings. The van der Waals surface area contributed by atoms with E-state index >= 15 is 0 Å². The van der Waals surface area contributed by atoms with Gasteiger partial charge in [0.25, 0.3) is 0 Å². The van der Waals surface area contributed by atoms with Crippen molar-refractivity contribution in [1.82, 2.24) is 0 Å². The van der Waals surface area contributed by atoms with E-state index in [1.807, 2.05) is 12.1 Å². The largest absolute Gasteiger partial charge is 0.616 e. The molecule has 0 radical (unpaired) electrons. The topological polar surface area (TPSA) is 23.1 Å². The maximum absolute atomic E-state index is 11.0. The highest BCUT2D eigenvalue weighted by atomic mass is 32.2. The molecule has 0 fully saturated rings. The molecule has 0 N–H and O–H groups in total. The fraction of sp³-hybridized carbons (Fsp3) is 0.250. The Labute approximate surface area is 63.2 Å². The predicted octanol–water partition coefficient (Wildman–Crippen LogP) is 1.45. The van der Waals surface area contributed by atoms with Crippen molar-refractivity contribution >= 4 is 11.2 Å². The molecule has 2 rings (SSSR count). The normalized spacial score (nSPS) is 17.3. The van der Waals surface area contributed by atoms with Crippen LogP contribution >= 0.6 is 0 Å². The summed E-state index contributed by atoms with van der Waals surface area (Å²) in [7, 11) is 0. The predicted molar refractivity (Wildman–Crippen MR) is 42.0 cm³/mol. The fourth-order valence-electron chi connectivity index (χ4n) is 1.24. The summed E-state index contributed by atoms with van der Waals surface area (Å²) in [4.78, 5) is 0. The van der Waals surface area contributed by atoms with Gasteiger partial charge in [-0.15, -0.1) is 0 Å². The van der Waals surface area contributed by atoms with Gasteiger partial charge >= 0.3 is 0 Å². The standard InChI is InChI=1S/C8H8OS/c9-10-5-7-3-1-2-4-8(7)6-10/h1-4H,5-6H2. The van der Waals surface area contributed by atoms with E-state index in [1.54, 1.807) is 0 Å². The Kier molecular flexibility index (Phi) is 1.43. The Balaban J connectivity index is 2.42. The van der Waals surface area contributed by atoms with Crippen molar-refractivity contribution in [2.45, 2.75) is 11.5 Å². The van der Waals surface area contributed by atoms with Crippen LogP contribution in [0.3, 0.4) is 0 Å². The number of rotatable bonds is 0. The van der Waals surface area contributed by atoms with Gasteiger partial charge in [0.2, 0.25) is 0 Å². The zero-order chi connectivity index (χ0) is 6.97. The third-order valence-electron chi connectivity index (χ3n) is 1.75. The van der Waals surface area contributed by atoms with Gasteiger partial charge in [0.15, 0.2) is 0 Å². The van der Waals surface area contributed by atoms with Crippen LogP contribution in [0.1, 0.15) is 11.1 Å². The zero-order valence-corrected chi connectivity index (χ0v) is 6.36. The van der Waals surface area contributed by atoms with Gasteiger partial charge in [0.05, 0.1) is 0 Å². The van der Waals surface area contributed by atoms with Crippen molar-refractivity contribution < 1.29 is 4.55 Å². The lowest BCUT2D eigenvalue weighted by atomic mass is 10.1. The van der Waals surface area contributed by atoms with Crippen molar-refractivity contribution in [1.29, 1.82) is 0 Å². The Morgan fingerprint density at radius 1 is 1.10 bits per heavy atom. The lowest BCUT2D eigenvalue weighted by Gasteiger charge is -1.97. The first kappa shape index (κ1) is 6.25. The number of hydrogen-bond acceptors (Lipinski definition) is 1. The van der Waals surface area contributed by atoms with Crippen LogP contribution in [-0.4, -0.2) is 4.55 Å². The maximum atomic E-state index is 11.0. The van der Waals surface area contributed by atoms with Gasteiger partial charge in [-0.25, -0.2) is 0 Å². The van der Waals surface area contributed by atoms with Crippen LogP contribution in [0.5, 0.6) is 0 Å². The van der Waals surface area contributed by atoms with E-state index in [-0.39, 0.29) is 0 Å². The van der Waals surface area contributed by atoms with E-state index in [9.17, 15) is 4.55 Å². The van der Waals surface area contributed by atoms with Crippen LogP contribution in [0, 0.1) is 0 Å². The molecule has 52 valence electrons. The molecule has 1 aromatic rings. The Bertz CT molecular complexity index is 222. The quantitative estimate of drug-likeness (QED) is 0.516. The summed E-state index contributed by atoms with van der Waals surface area (Å²) in [5, 5.41) is 0. The highest BCUT2D eigenvalue weighted by Crippen LogP contribution is 2.23. The fourth-order valence-corrected chi connectivity index (χ4v) is 2.60. The zero-order valence-electron chi connectivity index (χ0n) is 5.54. The molecule has 10 heavy (non-hydrogen) atoms. The summed E-state index contributed by atoms with van der Waals surface area (Å²) in [6.07, 6.45) is 0. The molecule has 0 bridgehead atoms. The highest BCUT2D eigenvalue weighted by molar-refractivity contribution is 7.90. The molecule has 0 amide bonds. The molecule has 1 aliphatic heterocycles. The van der Waals surface area contributed by atoms with Crippen molar-refractivity contribution in [3.05, 3.63) is 35.4 Å². The van der Waals surface area contributed by atoms with Crippen LogP contribution in [0.4, 0.5) is 0 Å². The molecule has 0 aromatic heterocycles. The first-order valence-electron chi connectivity index (χ1n) is 3.28. The average molecular weight is 152 g/mol. The average Bonchev–Trinajstić information content (AvgIpc) is 2.27. The minimum atomic E-state index is -0.619. The van der Waals surface area contributed by atoms with Crippen molar-refractivity contribution in [3.63, 3.8) is 0 Å². The highest BCUT2D eigenvalue weighted by Gasteiger charge is 2.20. The molecular weight excluding hydrogens is 144 g/mol. The van der Waals surface area contributed by atoms with Crippen LogP contribution in [0.2, 0.25) is 0 Å². The molecule has 2 heteroatoms. The second kappa shape index (κ2) is 2.29. The molecule has 0 saturated carbocycles. The smallest absolute Gasteiger partial charge is 0.131 e. The van der Waals surface area contributed by atoms with Crippen LogP contribution in [-0.2, 0) is 22.7 Å². The molecule has 0 spiro atoms. The van der Waals surface area contributed by atoms with E-state index < -0.39 is 11.2 Å². The van der Waals surface area contributed by atoms with E-state index in [0.29, 0.717) is 0 Å². The van der Waals surface area contributed by atoms with E-state index in [1.165, 1.54) is 11.1 Å². The van der Waals surface area contributed by atoms with Gasteiger partial charge in [-0.2, -0.15) is 0 Å². The van der Waals surface area contributed by atoms with Crippen LogP contribution in [0.25, 0.3) is 0 Å². The van der Waals surface area contributed by atoms with Gasteiger partial charge in [-0.3, -0.25) is 0 Å². The third-order valence-corrected chi connectivity index (χ3v) is 3.02. The van der Waals surface area contributed by atoms with E-state index in [0.717, 1.165) is 11.5 Å². The minimum absolute atomic E-state index is 0.619. The Morgan fingerprint density at radius 2 is 1.60 bits per heavy atom. The number of fused-ring (bicyclic) bond motifs is 1. The van der Waals surface area contributed by atoms with Gasteiger partial charge in [-0.05, 0) is 11.2 Å². The molecule has 0 unspecified atom stereocenters. The number of benzene rings is 1. The molecule has 1 heterocycles. The first-order chi connectivity index (χ1) is 4.86. The van der Waals surface area contributed by atoms with Crippen molar-refractivity contribution in [3.8, 4) is 0 Å². The monoisotopic (exact) mass is 152 g/mol. The minimum Gasteiger partial charge on any atom is -0.616 e. The van der Waals surface area contributed by atoms with Crippen molar-refractivity contribution in [2.24, 2.45) is 0 Å². The Morgan fingerprint density at radius 3 is 2.10 bits per heavy atom. The van der Waals surface area contributed by atoms with E-state index in [4.69, 9.17) is 0 Å². The SMILES string of the molecule is [O-][S+]1Cc2ccccc2C1. The van der Waals surface area contributed by atoms with Crippen molar-refractivity contribution in [2.75, 3.05) is 0 Å². The van der Waals surface area contributed by atoms with Gasteiger partial charge in [-0.1, -0.05) is 24.3 Å². The summed E-state index contributed by atoms with van der Waals surface area (Å²) in [5.41, 5.74) is 2.53. The summed E-state index contributed by atoms with van der Waals surface area (Å²) in [6, 6.07) is 8.11. The lowest BCUT2D eigenvalue weighted by molar-refractivity contribution is 0.597. The van der Waals surface area contributed by atoms with Crippen LogP contribution < -0.4 is 0 Å².